The third kappa shape index (κ3) is 5.67. The van der Waals surface area contributed by atoms with E-state index in [0.717, 1.165) is 10.5 Å². The van der Waals surface area contributed by atoms with Gasteiger partial charge in [-0.15, -0.1) is 11.8 Å². The number of thioether (sulfide) groups is 1. The standard InChI is InChI=1S/C13H20N2O2S2/c1-11(2)10-15(3)19(16,17)8-7-18-13-6-4-5-12(14)9-13/h4-6,9H,1,7-8,10,14H2,2-3H3. The Morgan fingerprint density at radius 2 is 2.16 bits per heavy atom. The number of nitrogens with zero attached hydrogens (tertiary/aromatic N) is 1. The second kappa shape index (κ2) is 6.98. The zero-order chi connectivity index (χ0) is 14.5. The zero-order valence-electron chi connectivity index (χ0n) is 11.3. The summed E-state index contributed by atoms with van der Waals surface area (Å²) in [5, 5.41) is 0. The summed E-state index contributed by atoms with van der Waals surface area (Å²) < 4.78 is 25.3. The van der Waals surface area contributed by atoms with Gasteiger partial charge in [0.15, 0.2) is 0 Å². The summed E-state index contributed by atoms with van der Waals surface area (Å²) >= 11 is 1.49. The van der Waals surface area contributed by atoms with Crippen LogP contribution >= 0.6 is 11.8 Å². The zero-order valence-corrected chi connectivity index (χ0v) is 12.9. The largest absolute Gasteiger partial charge is 0.399 e. The van der Waals surface area contributed by atoms with Crippen LogP contribution in [0.25, 0.3) is 0 Å². The van der Waals surface area contributed by atoms with Crippen molar-refractivity contribution in [3.63, 3.8) is 0 Å². The number of nitrogens with two attached hydrogens (primary N) is 1. The van der Waals surface area contributed by atoms with Crippen LogP contribution in [0.2, 0.25) is 0 Å². The maximum Gasteiger partial charge on any atom is 0.214 e. The van der Waals surface area contributed by atoms with Crippen molar-refractivity contribution in [1.29, 1.82) is 0 Å². The highest BCUT2D eigenvalue weighted by atomic mass is 32.2. The molecule has 2 N–H and O–H groups in total. The molecule has 106 valence electrons. The SMILES string of the molecule is C=C(C)CN(C)S(=O)(=O)CCSc1cccc(N)c1. The van der Waals surface area contributed by atoms with E-state index in [-0.39, 0.29) is 5.75 Å². The van der Waals surface area contributed by atoms with Gasteiger partial charge in [0.2, 0.25) is 10.0 Å². The molecule has 1 aromatic rings. The van der Waals surface area contributed by atoms with Crippen molar-refractivity contribution in [2.24, 2.45) is 0 Å². The van der Waals surface area contributed by atoms with Gasteiger partial charge in [-0.25, -0.2) is 12.7 Å². The van der Waals surface area contributed by atoms with E-state index >= 15 is 0 Å². The number of likely N-dealkylation sites (N-methyl/N-ethyl adjacent to an activating group) is 1. The first-order valence-electron chi connectivity index (χ1n) is 5.88. The fourth-order valence-corrected chi connectivity index (χ4v) is 4.04. The number of nitrogen functional groups attached to an aromatic ring is 1. The fourth-order valence-electron chi connectivity index (χ4n) is 1.50. The second-order valence-electron chi connectivity index (χ2n) is 4.45. The number of sulfonamides is 1. The molecule has 0 fully saturated rings. The van der Waals surface area contributed by atoms with Gasteiger partial charge in [-0.3, -0.25) is 0 Å². The Balaban J connectivity index is 2.50. The molecule has 0 amide bonds. The molecule has 0 heterocycles. The van der Waals surface area contributed by atoms with Gasteiger partial charge < -0.3 is 5.73 Å². The Bertz CT molecular complexity index is 541. The summed E-state index contributed by atoms with van der Waals surface area (Å²) in [7, 11) is -1.64. The Hall–Kier alpha value is -0.980. The van der Waals surface area contributed by atoms with Crippen molar-refractivity contribution in [3.8, 4) is 0 Å². The van der Waals surface area contributed by atoms with Crippen molar-refractivity contribution in [3.05, 3.63) is 36.4 Å². The highest BCUT2D eigenvalue weighted by molar-refractivity contribution is 8.00. The van der Waals surface area contributed by atoms with Gasteiger partial charge in [0.25, 0.3) is 0 Å². The molecule has 1 aromatic carbocycles. The van der Waals surface area contributed by atoms with Crippen LogP contribution in [0.5, 0.6) is 0 Å². The molecular weight excluding hydrogens is 280 g/mol. The van der Waals surface area contributed by atoms with Crippen molar-refractivity contribution in [2.75, 3.05) is 30.8 Å². The Morgan fingerprint density at radius 3 is 2.74 bits per heavy atom. The highest BCUT2D eigenvalue weighted by Crippen LogP contribution is 2.20. The lowest BCUT2D eigenvalue weighted by Crippen LogP contribution is -2.31. The normalized spacial score (nSPS) is 11.7. The average molecular weight is 300 g/mol. The molecule has 0 spiro atoms. The molecule has 1 rings (SSSR count). The van der Waals surface area contributed by atoms with Crippen LogP contribution < -0.4 is 5.73 Å². The van der Waals surface area contributed by atoms with Crippen LogP contribution in [-0.2, 0) is 10.0 Å². The average Bonchev–Trinajstić information content (AvgIpc) is 2.27. The summed E-state index contributed by atoms with van der Waals surface area (Å²) in [4.78, 5) is 0.984. The van der Waals surface area contributed by atoms with E-state index in [9.17, 15) is 8.42 Å². The molecule has 19 heavy (non-hydrogen) atoms. The van der Waals surface area contributed by atoms with Gasteiger partial charge in [-0.05, 0) is 25.1 Å². The van der Waals surface area contributed by atoms with Crippen molar-refractivity contribution in [1.82, 2.24) is 4.31 Å². The lowest BCUT2D eigenvalue weighted by Gasteiger charge is -2.16. The van der Waals surface area contributed by atoms with Crippen LogP contribution in [0.1, 0.15) is 6.92 Å². The summed E-state index contributed by atoms with van der Waals surface area (Å²) in [5.74, 6) is 0.614. The van der Waals surface area contributed by atoms with Gasteiger partial charge in [-0.2, -0.15) is 0 Å². The molecule has 0 unspecified atom stereocenters. The van der Waals surface area contributed by atoms with Gasteiger partial charge >= 0.3 is 0 Å². The van der Waals surface area contributed by atoms with E-state index in [4.69, 9.17) is 5.73 Å². The van der Waals surface area contributed by atoms with Crippen LogP contribution in [-0.4, -0.2) is 37.8 Å². The Morgan fingerprint density at radius 1 is 1.47 bits per heavy atom. The smallest absolute Gasteiger partial charge is 0.214 e. The van der Waals surface area contributed by atoms with E-state index in [0.29, 0.717) is 18.0 Å². The monoisotopic (exact) mass is 300 g/mol. The Kier molecular flexibility index (Phi) is 5.90. The van der Waals surface area contributed by atoms with Crippen molar-refractivity contribution < 1.29 is 8.42 Å². The van der Waals surface area contributed by atoms with Crippen LogP contribution in [0, 0.1) is 0 Å². The van der Waals surface area contributed by atoms with E-state index in [2.05, 4.69) is 6.58 Å². The summed E-state index contributed by atoms with van der Waals surface area (Å²) in [6.45, 7) is 5.90. The van der Waals surface area contributed by atoms with Crippen molar-refractivity contribution >= 4 is 27.5 Å². The first-order valence-corrected chi connectivity index (χ1v) is 8.47. The number of benzene rings is 1. The third-order valence-corrected chi connectivity index (χ3v) is 5.49. The van der Waals surface area contributed by atoms with Gasteiger partial charge in [-0.1, -0.05) is 18.2 Å². The first kappa shape index (κ1) is 16.1. The van der Waals surface area contributed by atoms with Gasteiger partial charge in [0.05, 0.1) is 5.75 Å². The molecule has 0 atom stereocenters. The quantitative estimate of drug-likeness (QED) is 0.476. The minimum Gasteiger partial charge on any atom is -0.399 e. The predicted molar refractivity (Wildman–Crippen MR) is 82.8 cm³/mol. The lowest BCUT2D eigenvalue weighted by molar-refractivity contribution is 0.494. The van der Waals surface area contributed by atoms with E-state index in [1.54, 1.807) is 13.1 Å². The van der Waals surface area contributed by atoms with E-state index < -0.39 is 10.0 Å². The van der Waals surface area contributed by atoms with E-state index in [1.807, 2.05) is 25.1 Å². The lowest BCUT2D eigenvalue weighted by atomic mass is 10.3. The number of hydrogen-bond donors (Lipinski definition) is 1. The summed E-state index contributed by atoms with van der Waals surface area (Å²) in [6, 6.07) is 7.43. The van der Waals surface area contributed by atoms with Crippen molar-refractivity contribution in [2.45, 2.75) is 11.8 Å². The minimum absolute atomic E-state index is 0.107. The maximum atomic E-state index is 12.0. The molecule has 0 aliphatic carbocycles. The second-order valence-corrected chi connectivity index (χ2v) is 7.81. The van der Waals surface area contributed by atoms with Gasteiger partial charge in [0.1, 0.15) is 0 Å². The van der Waals surface area contributed by atoms with Crippen LogP contribution in [0.4, 0.5) is 5.69 Å². The first-order chi connectivity index (χ1) is 8.81. The molecule has 0 radical (unpaired) electrons. The van der Waals surface area contributed by atoms with Crippen LogP contribution in [0.3, 0.4) is 0 Å². The molecule has 6 heteroatoms. The molecule has 0 saturated heterocycles. The predicted octanol–water partition coefficient (Wildman–Crippen LogP) is 2.20. The van der Waals surface area contributed by atoms with E-state index in [1.165, 1.54) is 16.1 Å². The number of hydrogen-bond acceptors (Lipinski definition) is 4. The number of rotatable bonds is 7. The Labute approximate surface area is 119 Å². The maximum absolute atomic E-state index is 12.0. The summed E-state index contributed by atoms with van der Waals surface area (Å²) in [5.41, 5.74) is 7.19. The minimum atomic E-state index is -3.22. The fraction of sp³-hybridized carbons (Fsp3) is 0.385. The number of anilines is 1. The molecule has 0 aliphatic heterocycles. The topological polar surface area (TPSA) is 63.4 Å². The highest BCUT2D eigenvalue weighted by Gasteiger charge is 2.17. The van der Waals surface area contributed by atoms with Gasteiger partial charge in [0, 0.05) is 29.9 Å². The van der Waals surface area contributed by atoms with Crippen LogP contribution in [0.15, 0.2) is 41.3 Å². The molecule has 0 saturated carbocycles. The summed E-state index contributed by atoms with van der Waals surface area (Å²) in [6.07, 6.45) is 0. The molecular formula is C13H20N2O2S2. The third-order valence-electron chi connectivity index (χ3n) is 2.44. The molecule has 0 aliphatic rings. The molecule has 0 aromatic heterocycles. The molecule has 0 bridgehead atoms. The molecule has 4 nitrogen and oxygen atoms in total.